The Hall–Kier alpha value is -0.950. The predicted octanol–water partition coefficient (Wildman–Crippen LogP) is 3.17. The molecule has 2 rings (SSSR count). The summed E-state index contributed by atoms with van der Waals surface area (Å²) in [6.07, 6.45) is -1.31. The van der Waals surface area contributed by atoms with Crippen LogP contribution in [0.2, 0.25) is 10.0 Å². The maximum absolute atomic E-state index is 12.6. The van der Waals surface area contributed by atoms with E-state index in [1.807, 2.05) is 0 Å². The second-order valence-electron chi connectivity index (χ2n) is 5.35. The Balaban J connectivity index is 2.06. The highest BCUT2D eigenvalue weighted by atomic mass is 35.5. The summed E-state index contributed by atoms with van der Waals surface area (Å²) in [7, 11) is 0. The van der Waals surface area contributed by atoms with Crippen molar-refractivity contribution < 1.29 is 19.4 Å². The van der Waals surface area contributed by atoms with E-state index in [4.69, 9.17) is 33.0 Å². The number of hydrogen-bond donors (Lipinski definition) is 1. The quantitative estimate of drug-likeness (QED) is 0.816. The van der Waals surface area contributed by atoms with Gasteiger partial charge in [0.2, 0.25) is 5.91 Å². The fraction of sp³-hybridized carbons (Fsp3) is 0.467. The summed E-state index contributed by atoms with van der Waals surface area (Å²) < 4.78 is 5.32. The van der Waals surface area contributed by atoms with Crippen molar-refractivity contribution >= 4 is 46.8 Å². The minimum Gasteiger partial charge on any atom is -0.479 e. The number of hydrogen-bond acceptors (Lipinski definition) is 4. The van der Waals surface area contributed by atoms with E-state index in [0.29, 0.717) is 16.6 Å². The number of carboxylic acids is 1. The predicted molar refractivity (Wildman–Crippen MR) is 90.3 cm³/mol. The second-order valence-corrected chi connectivity index (χ2v) is 7.58. The smallest absolute Gasteiger partial charge is 0.334 e. The van der Waals surface area contributed by atoms with Crippen LogP contribution in [-0.2, 0) is 14.3 Å². The number of morpholine rings is 1. The van der Waals surface area contributed by atoms with E-state index in [2.05, 4.69) is 0 Å². The third-order valence-electron chi connectivity index (χ3n) is 3.39. The number of nitrogens with zero attached hydrogens (tertiary/aromatic N) is 1. The van der Waals surface area contributed by atoms with Crippen molar-refractivity contribution in [2.24, 2.45) is 0 Å². The summed E-state index contributed by atoms with van der Waals surface area (Å²) in [5.41, 5.74) is 0. The number of benzene rings is 1. The standard InChI is InChI=1S/C15H17Cl2NO4S/c1-8-6-18(7-12(22-8)15(20)21)14(19)9(2)23-13-5-10(16)3-4-11(13)17/h3-5,8-9,12H,6-7H2,1-2H3,(H,20,21)/t8-,9?,12?/m1/s1. The topological polar surface area (TPSA) is 66.8 Å². The van der Waals surface area contributed by atoms with Gasteiger partial charge in [0.1, 0.15) is 0 Å². The van der Waals surface area contributed by atoms with Crippen molar-refractivity contribution in [2.45, 2.75) is 36.2 Å². The fourth-order valence-corrected chi connectivity index (χ4v) is 3.83. The molecule has 0 aliphatic carbocycles. The molecule has 3 atom stereocenters. The lowest BCUT2D eigenvalue weighted by molar-refractivity contribution is -0.166. The first kappa shape index (κ1) is 18.4. The van der Waals surface area contributed by atoms with E-state index >= 15 is 0 Å². The van der Waals surface area contributed by atoms with Crippen LogP contribution in [0.25, 0.3) is 0 Å². The van der Waals surface area contributed by atoms with Crippen LogP contribution in [0.1, 0.15) is 13.8 Å². The van der Waals surface area contributed by atoms with Crippen LogP contribution in [0.3, 0.4) is 0 Å². The fourth-order valence-electron chi connectivity index (χ4n) is 2.33. The van der Waals surface area contributed by atoms with Crippen LogP contribution in [0.5, 0.6) is 0 Å². The third-order valence-corrected chi connectivity index (χ3v) is 5.22. The molecule has 5 nitrogen and oxygen atoms in total. The Morgan fingerprint density at radius 3 is 2.74 bits per heavy atom. The number of carbonyl (C=O) groups is 2. The van der Waals surface area contributed by atoms with Gasteiger partial charge in [0.15, 0.2) is 6.10 Å². The molecule has 1 aliphatic heterocycles. The largest absolute Gasteiger partial charge is 0.479 e. The van der Waals surface area contributed by atoms with Crippen molar-refractivity contribution in [3.8, 4) is 0 Å². The average molecular weight is 378 g/mol. The van der Waals surface area contributed by atoms with Gasteiger partial charge < -0.3 is 14.7 Å². The van der Waals surface area contributed by atoms with Gasteiger partial charge in [-0.1, -0.05) is 23.2 Å². The Bertz CT molecular complexity index is 613. The Kier molecular flexibility index (Phi) is 6.19. The van der Waals surface area contributed by atoms with Gasteiger partial charge in [-0.3, -0.25) is 4.79 Å². The molecular weight excluding hydrogens is 361 g/mol. The molecule has 1 amide bonds. The van der Waals surface area contributed by atoms with Crippen LogP contribution in [0.15, 0.2) is 23.1 Å². The molecule has 8 heteroatoms. The minimum atomic E-state index is -1.06. The molecule has 23 heavy (non-hydrogen) atoms. The van der Waals surface area contributed by atoms with E-state index in [1.165, 1.54) is 16.7 Å². The van der Waals surface area contributed by atoms with E-state index in [9.17, 15) is 9.59 Å². The molecule has 0 radical (unpaired) electrons. The van der Waals surface area contributed by atoms with Gasteiger partial charge >= 0.3 is 5.97 Å². The Labute approximate surface area is 148 Å². The van der Waals surface area contributed by atoms with E-state index in [1.54, 1.807) is 32.0 Å². The molecule has 126 valence electrons. The molecular formula is C15H17Cl2NO4S. The zero-order valence-electron chi connectivity index (χ0n) is 12.7. The highest BCUT2D eigenvalue weighted by molar-refractivity contribution is 8.00. The minimum absolute atomic E-state index is 0.0483. The van der Waals surface area contributed by atoms with Crippen LogP contribution in [0, 0.1) is 0 Å². The number of ether oxygens (including phenoxy) is 1. The van der Waals surface area contributed by atoms with E-state index < -0.39 is 17.3 Å². The number of carboxylic acid groups (broad SMARTS) is 1. The number of amides is 1. The van der Waals surface area contributed by atoms with Crippen LogP contribution >= 0.6 is 35.0 Å². The second kappa shape index (κ2) is 7.75. The number of carbonyl (C=O) groups excluding carboxylic acids is 1. The van der Waals surface area contributed by atoms with Gasteiger partial charge in [-0.15, -0.1) is 11.8 Å². The molecule has 0 aromatic heterocycles. The lowest BCUT2D eigenvalue weighted by atomic mass is 10.2. The van der Waals surface area contributed by atoms with Gasteiger partial charge in [0, 0.05) is 16.5 Å². The first-order chi connectivity index (χ1) is 10.8. The molecule has 2 unspecified atom stereocenters. The van der Waals surface area contributed by atoms with Gasteiger partial charge in [-0.05, 0) is 32.0 Å². The number of rotatable bonds is 4. The number of thioether (sulfide) groups is 1. The van der Waals surface area contributed by atoms with Gasteiger partial charge in [0.05, 0.1) is 22.9 Å². The maximum Gasteiger partial charge on any atom is 0.334 e. The molecule has 1 aliphatic rings. The first-order valence-corrected chi connectivity index (χ1v) is 8.70. The highest BCUT2D eigenvalue weighted by Crippen LogP contribution is 2.33. The highest BCUT2D eigenvalue weighted by Gasteiger charge is 2.34. The van der Waals surface area contributed by atoms with Crippen molar-refractivity contribution in [1.82, 2.24) is 4.90 Å². The molecule has 0 spiro atoms. The maximum atomic E-state index is 12.6. The molecule has 1 N–H and O–H groups in total. The van der Waals surface area contributed by atoms with Gasteiger partial charge in [-0.2, -0.15) is 0 Å². The zero-order valence-corrected chi connectivity index (χ0v) is 15.0. The summed E-state index contributed by atoms with van der Waals surface area (Å²) in [6.45, 7) is 3.94. The average Bonchev–Trinajstić information content (AvgIpc) is 2.49. The van der Waals surface area contributed by atoms with Crippen molar-refractivity contribution in [3.05, 3.63) is 28.2 Å². The molecule has 1 fully saturated rings. The van der Waals surface area contributed by atoms with Crippen molar-refractivity contribution in [1.29, 1.82) is 0 Å². The Morgan fingerprint density at radius 2 is 2.09 bits per heavy atom. The number of aliphatic carboxylic acids is 1. The third kappa shape index (κ3) is 4.76. The molecule has 0 saturated carbocycles. The molecule has 1 saturated heterocycles. The van der Waals surface area contributed by atoms with Gasteiger partial charge in [-0.25, -0.2) is 4.79 Å². The van der Waals surface area contributed by atoms with E-state index in [0.717, 1.165) is 4.90 Å². The monoisotopic (exact) mass is 377 g/mol. The first-order valence-electron chi connectivity index (χ1n) is 7.06. The molecule has 1 aromatic carbocycles. The lowest BCUT2D eigenvalue weighted by Gasteiger charge is -2.36. The molecule has 0 bridgehead atoms. The summed E-state index contributed by atoms with van der Waals surface area (Å²) in [6, 6.07) is 5.07. The summed E-state index contributed by atoms with van der Waals surface area (Å²) >= 11 is 13.4. The van der Waals surface area contributed by atoms with Crippen LogP contribution in [0.4, 0.5) is 0 Å². The lowest BCUT2D eigenvalue weighted by Crippen LogP contribution is -2.53. The summed E-state index contributed by atoms with van der Waals surface area (Å²) in [5.74, 6) is -1.21. The Morgan fingerprint density at radius 1 is 1.39 bits per heavy atom. The van der Waals surface area contributed by atoms with Crippen molar-refractivity contribution in [2.75, 3.05) is 13.1 Å². The van der Waals surface area contributed by atoms with Gasteiger partial charge in [0.25, 0.3) is 0 Å². The normalized spacial score (nSPS) is 22.7. The number of halogens is 2. The van der Waals surface area contributed by atoms with Crippen LogP contribution < -0.4 is 0 Å². The zero-order chi connectivity index (χ0) is 17.1. The summed E-state index contributed by atoms with van der Waals surface area (Å²) in [5, 5.41) is 9.75. The molecule has 1 aromatic rings. The van der Waals surface area contributed by atoms with Crippen molar-refractivity contribution in [3.63, 3.8) is 0 Å². The van der Waals surface area contributed by atoms with Crippen LogP contribution in [-0.4, -0.2) is 52.4 Å². The molecule has 1 heterocycles. The SMILES string of the molecule is CC(Sc1cc(Cl)ccc1Cl)C(=O)N1CC(C(=O)O)O[C@H](C)C1. The van der Waals surface area contributed by atoms with E-state index in [-0.39, 0.29) is 18.6 Å². The summed E-state index contributed by atoms with van der Waals surface area (Å²) in [4.78, 5) is 26.0.